The van der Waals surface area contributed by atoms with Gasteiger partial charge in [-0.3, -0.25) is 0 Å². The summed E-state index contributed by atoms with van der Waals surface area (Å²) in [4.78, 5) is 0. The van der Waals surface area contributed by atoms with Gasteiger partial charge in [-0.1, -0.05) is 54.6 Å². The van der Waals surface area contributed by atoms with Crippen LogP contribution in [0.1, 0.15) is 18.1 Å². The molecule has 0 aliphatic rings. The third-order valence-corrected chi connectivity index (χ3v) is 2.76. The first kappa shape index (κ1) is 12.4. The van der Waals surface area contributed by atoms with E-state index in [1.165, 1.54) is 11.1 Å². The van der Waals surface area contributed by atoms with E-state index in [-0.39, 0.29) is 0 Å². The van der Waals surface area contributed by atoms with E-state index in [0.29, 0.717) is 6.61 Å². The third kappa shape index (κ3) is 3.77. The van der Waals surface area contributed by atoms with E-state index < -0.39 is 0 Å². The van der Waals surface area contributed by atoms with Gasteiger partial charge in [-0.2, -0.15) is 0 Å². The van der Waals surface area contributed by atoms with Gasteiger partial charge in [0.2, 0.25) is 0 Å². The molecule has 1 nitrogen and oxygen atoms in total. The highest BCUT2D eigenvalue weighted by Crippen LogP contribution is 2.15. The predicted octanol–water partition coefficient (Wildman–Crippen LogP) is 4.23. The van der Waals surface area contributed by atoms with E-state index in [4.69, 9.17) is 4.74 Å². The summed E-state index contributed by atoms with van der Waals surface area (Å²) < 4.78 is 5.56. The zero-order chi connectivity index (χ0) is 12.6. The Hall–Kier alpha value is -2.02. The molecule has 2 aromatic carbocycles. The number of allylic oxidation sites excluding steroid dienone is 1. The van der Waals surface area contributed by atoms with Gasteiger partial charge < -0.3 is 4.74 Å². The van der Waals surface area contributed by atoms with Crippen molar-refractivity contribution in [1.29, 1.82) is 0 Å². The Labute approximate surface area is 109 Å². The predicted molar refractivity (Wildman–Crippen MR) is 76.0 cm³/mol. The fourth-order valence-electron chi connectivity index (χ4n) is 1.78. The maximum absolute atomic E-state index is 5.56. The lowest BCUT2D eigenvalue weighted by Gasteiger charge is -2.05. The van der Waals surface area contributed by atoms with E-state index >= 15 is 0 Å². The Morgan fingerprint density at radius 2 is 1.56 bits per heavy atom. The van der Waals surface area contributed by atoms with Crippen LogP contribution in [0.25, 0.3) is 0 Å². The maximum atomic E-state index is 5.56. The second-order valence-electron chi connectivity index (χ2n) is 4.19. The minimum absolute atomic E-state index is 0.633. The van der Waals surface area contributed by atoms with Crippen molar-refractivity contribution in [2.24, 2.45) is 0 Å². The van der Waals surface area contributed by atoms with Crippen molar-refractivity contribution in [3.63, 3.8) is 0 Å². The fraction of sp³-hybridized carbons (Fsp3) is 0.176. The molecule has 0 bridgehead atoms. The van der Waals surface area contributed by atoms with Gasteiger partial charge in [0, 0.05) is 0 Å². The molecule has 0 N–H and O–H groups in total. The van der Waals surface area contributed by atoms with Crippen molar-refractivity contribution >= 4 is 0 Å². The van der Waals surface area contributed by atoms with Crippen molar-refractivity contribution < 1.29 is 4.74 Å². The van der Waals surface area contributed by atoms with Gasteiger partial charge in [-0.05, 0) is 36.6 Å². The highest BCUT2D eigenvalue weighted by Gasteiger charge is 1.97. The lowest BCUT2D eigenvalue weighted by Crippen LogP contribution is -1.93. The van der Waals surface area contributed by atoms with E-state index in [1.807, 2.05) is 37.3 Å². The van der Waals surface area contributed by atoms with Gasteiger partial charge in [-0.15, -0.1) is 0 Å². The molecule has 0 radical (unpaired) electrons. The summed E-state index contributed by atoms with van der Waals surface area (Å²) in [7, 11) is 0. The summed E-state index contributed by atoms with van der Waals surface area (Å²) in [5.41, 5.74) is 2.64. The van der Waals surface area contributed by atoms with Crippen LogP contribution in [0.5, 0.6) is 5.75 Å². The van der Waals surface area contributed by atoms with Crippen molar-refractivity contribution in [2.75, 3.05) is 6.61 Å². The van der Waals surface area contributed by atoms with Crippen LogP contribution in [0, 0.1) is 0 Å². The number of ether oxygens (including phenoxy) is 1. The molecule has 18 heavy (non-hydrogen) atoms. The lowest BCUT2D eigenvalue weighted by molar-refractivity contribution is 0.362. The lowest BCUT2D eigenvalue weighted by atomic mass is 10.1. The first-order valence-electron chi connectivity index (χ1n) is 6.25. The molecule has 1 heteroatoms. The normalized spacial score (nSPS) is 10.7. The summed E-state index contributed by atoms with van der Waals surface area (Å²) in [6.07, 6.45) is 4.96. The zero-order valence-corrected chi connectivity index (χ0v) is 10.7. The molecule has 0 heterocycles. The average Bonchev–Trinajstić information content (AvgIpc) is 2.42. The monoisotopic (exact) mass is 238 g/mol. The van der Waals surface area contributed by atoms with Crippen molar-refractivity contribution in [1.82, 2.24) is 0 Å². The Bertz CT molecular complexity index is 483. The largest absolute Gasteiger partial charge is 0.490 e. The molecule has 0 fully saturated rings. The standard InChI is InChI=1S/C17H18O/c1-2-3-13-18-17-11-9-16(10-12-17)14-15-7-5-4-6-8-15/h2-12H,13-14H2,1H3/b3-2+. The first-order chi connectivity index (χ1) is 8.88. The van der Waals surface area contributed by atoms with Crippen LogP contribution in [0.3, 0.4) is 0 Å². The van der Waals surface area contributed by atoms with Crippen LogP contribution in [0.15, 0.2) is 66.7 Å². The highest BCUT2D eigenvalue weighted by molar-refractivity contribution is 5.31. The quantitative estimate of drug-likeness (QED) is 0.708. The molecular formula is C17H18O. The Morgan fingerprint density at radius 1 is 0.889 bits per heavy atom. The SMILES string of the molecule is C/C=C/COc1ccc(Cc2ccccc2)cc1. The number of rotatable bonds is 5. The minimum atomic E-state index is 0.633. The summed E-state index contributed by atoms with van der Waals surface area (Å²) in [6.45, 7) is 2.63. The molecule has 0 spiro atoms. The van der Waals surface area contributed by atoms with Gasteiger partial charge in [0.05, 0.1) is 0 Å². The molecule has 0 saturated heterocycles. The summed E-state index contributed by atoms with van der Waals surface area (Å²) >= 11 is 0. The molecule has 0 amide bonds. The average molecular weight is 238 g/mol. The molecule has 2 aromatic rings. The summed E-state index contributed by atoms with van der Waals surface area (Å²) in [5, 5.41) is 0. The van der Waals surface area contributed by atoms with Crippen LogP contribution in [0.4, 0.5) is 0 Å². The van der Waals surface area contributed by atoms with E-state index in [1.54, 1.807) is 0 Å². The second-order valence-corrected chi connectivity index (χ2v) is 4.19. The second kappa shape index (κ2) is 6.65. The van der Waals surface area contributed by atoms with Crippen LogP contribution < -0.4 is 4.74 Å². The minimum Gasteiger partial charge on any atom is -0.490 e. The highest BCUT2D eigenvalue weighted by atomic mass is 16.5. The van der Waals surface area contributed by atoms with Gasteiger partial charge in [0.15, 0.2) is 0 Å². The van der Waals surface area contributed by atoms with Gasteiger partial charge >= 0.3 is 0 Å². The third-order valence-electron chi connectivity index (χ3n) is 2.76. The van der Waals surface area contributed by atoms with Crippen LogP contribution in [-0.4, -0.2) is 6.61 Å². The van der Waals surface area contributed by atoms with Gasteiger partial charge in [-0.25, -0.2) is 0 Å². The summed E-state index contributed by atoms with van der Waals surface area (Å²) in [5.74, 6) is 0.921. The smallest absolute Gasteiger partial charge is 0.119 e. The van der Waals surface area contributed by atoms with Crippen LogP contribution >= 0.6 is 0 Å². The topological polar surface area (TPSA) is 9.23 Å². The molecule has 0 atom stereocenters. The molecule has 0 aromatic heterocycles. The van der Waals surface area contributed by atoms with Gasteiger partial charge in [0.1, 0.15) is 12.4 Å². The van der Waals surface area contributed by atoms with E-state index in [9.17, 15) is 0 Å². The number of hydrogen-bond acceptors (Lipinski definition) is 1. The van der Waals surface area contributed by atoms with Crippen LogP contribution in [-0.2, 0) is 6.42 Å². The Kier molecular flexibility index (Phi) is 4.60. The van der Waals surface area contributed by atoms with Crippen molar-refractivity contribution in [3.05, 3.63) is 77.9 Å². The van der Waals surface area contributed by atoms with Crippen molar-refractivity contribution in [2.45, 2.75) is 13.3 Å². The Balaban J connectivity index is 1.95. The number of benzene rings is 2. The fourth-order valence-corrected chi connectivity index (χ4v) is 1.78. The van der Waals surface area contributed by atoms with Crippen molar-refractivity contribution in [3.8, 4) is 5.75 Å². The molecule has 0 aliphatic carbocycles. The molecular weight excluding hydrogens is 220 g/mol. The molecule has 0 aliphatic heterocycles. The molecule has 0 saturated carbocycles. The number of hydrogen-bond donors (Lipinski definition) is 0. The maximum Gasteiger partial charge on any atom is 0.119 e. The zero-order valence-electron chi connectivity index (χ0n) is 10.7. The van der Waals surface area contributed by atoms with E-state index in [2.05, 4.69) is 36.4 Å². The summed E-state index contributed by atoms with van der Waals surface area (Å²) in [6, 6.07) is 18.8. The molecule has 92 valence electrons. The van der Waals surface area contributed by atoms with Gasteiger partial charge in [0.25, 0.3) is 0 Å². The molecule has 2 rings (SSSR count). The molecule has 0 unspecified atom stereocenters. The Morgan fingerprint density at radius 3 is 2.22 bits per heavy atom. The van der Waals surface area contributed by atoms with E-state index in [0.717, 1.165) is 12.2 Å². The first-order valence-corrected chi connectivity index (χ1v) is 6.25. The van der Waals surface area contributed by atoms with Crippen LogP contribution in [0.2, 0.25) is 0 Å².